The molecule has 0 atom stereocenters. The van der Waals surface area contributed by atoms with Crippen molar-refractivity contribution < 1.29 is 13.6 Å². The smallest absolute Gasteiger partial charge is 0.271 e. The highest BCUT2D eigenvalue weighted by Gasteiger charge is 2.29. The van der Waals surface area contributed by atoms with Crippen molar-refractivity contribution in [1.82, 2.24) is 14.4 Å². The van der Waals surface area contributed by atoms with Crippen LogP contribution < -0.4 is 0 Å². The van der Waals surface area contributed by atoms with E-state index >= 15 is 0 Å². The number of carbonyl (C=O) groups is 1. The molecule has 0 spiro atoms. The Kier molecular flexibility index (Phi) is 6.56. The van der Waals surface area contributed by atoms with Crippen LogP contribution in [-0.2, 0) is 13.1 Å². The SMILES string of the molecule is Cc1cn(Cc2ccc(F)cc2)c(C(=O)N2CCN(Cc3ccc4ccccc4c3)CC2)c1-c1ccco1. The number of carbonyl (C=O) groups excluding carboxylic acids is 1. The molecule has 0 saturated carbocycles. The molecule has 1 aliphatic rings. The standard InChI is InChI=1S/C32H30FN3O2/c1-23-20-36(22-24-9-12-28(33)13-10-24)31(30(23)29-7-4-18-38-29)32(37)35-16-14-34(15-17-35)21-25-8-11-26-5-2-3-6-27(26)19-25/h2-13,18-20H,14-17,21-22H2,1H3. The Labute approximate surface area is 221 Å². The van der Waals surface area contributed by atoms with Crippen molar-refractivity contribution in [2.75, 3.05) is 26.2 Å². The first-order chi connectivity index (χ1) is 18.5. The summed E-state index contributed by atoms with van der Waals surface area (Å²) in [6.07, 6.45) is 3.62. The number of aromatic nitrogens is 1. The molecule has 1 fully saturated rings. The highest BCUT2D eigenvalue weighted by Crippen LogP contribution is 2.32. The van der Waals surface area contributed by atoms with E-state index in [4.69, 9.17) is 4.42 Å². The van der Waals surface area contributed by atoms with Gasteiger partial charge in [0, 0.05) is 45.5 Å². The molecular formula is C32H30FN3O2. The minimum atomic E-state index is -0.272. The summed E-state index contributed by atoms with van der Waals surface area (Å²) in [5, 5.41) is 2.50. The van der Waals surface area contributed by atoms with Crippen LogP contribution >= 0.6 is 0 Å². The van der Waals surface area contributed by atoms with E-state index in [0.717, 1.165) is 36.3 Å². The molecule has 0 aliphatic carbocycles. The number of hydrogen-bond donors (Lipinski definition) is 0. The number of halogens is 1. The van der Waals surface area contributed by atoms with Crippen molar-refractivity contribution in [1.29, 1.82) is 0 Å². The second-order valence-electron chi connectivity index (χ2n) is 10.0. The number of hydrogen-bond acceptors (Lipinski definition) is 3. The number of benzene rings is 3. The number of nitrogens with zero attached hydrogens (tertiary/aromatic N) is 3. The van der Waals surface area contributed by atoms with Crippen LogP contribution in [0.1, 0.15) is 27.2 Å². The summed E-state index contributed by atoms with van der Waals surface area (Å²) in [5.74, 6) is 0.405. The minimum Gasteiger partial charge on any atom is -0.464 e. The first kappa shape index (κ1) is 24.2. The number of piperazine rings is 1. The second kappa shape index (κ2) is 10.3. The van der Waals surface area contributed by atoms with Gasteiger partial charge in [-0.1, -0.05) is 48.5 Å². The Morgan fingerprint density at radius 1 is 0.842 bits per heavy atom. The molecule has 192 valence electrons. The van der Waals surface area contributed by atoms with Crippen LogP contribution in [0.2, 0.25) is 0 Å². The number of furan rings is 1. The minimum absolute atomic E-state index is 0.00281. The third kappa shape index (κ3) is 4.87. The van der Waals surface area contributed by atoms with Gasteiger partial charge in [0.05, 0.1) is 11.8 Å². The third-order valence-electron chi connectivity index (χ3n) is 7.38. The Balaban J connectivity index is 1.21. The van der Waals surface area contributed by atoms with E-state index in [0.29, 0.717) is 31.1 Å². The molecule has 3 aromatic carbocycles. The first-order valence-corrected chi connectivity index (χ1v) is 13.0. The van der Waals surface area contributed by atoms with Crippen molar-refractivity contribution in [3.63, 3.8) is 0 Å². The van der Waals surface area contributed by atoms with E-state index in [1.54, 1.807) is 18.4 Å². The van der Waals surface area contributed by atoms with Gasteiger partial charge in [0.1, 0.15) is 17.3 Å². The summed E-state index contributed by atoms with van der Waals surface area (Å²) >= 11 is 0. The van der Waals surface area contributed by atoms with Gasteiger partial charge in [-0.15, -0.1) is 0 Å². The van der Waals surface area contributed by atoms with Crippen molar-refractivity contribution in [2.24, 2.45) is 0 Å². The number of rotatable bonds is 6. The lowest BCUT2D eigenvalue weighted by atomic mass is 10.1. The Bertz CT molecular complexity index is 1560. The van der Waals surface area contributed by atoms with Crippen molar-refractivity contribution in [2.45, 2.75) is 20.0 Å². The predicted octanol–water partition coefficient (Wildman–Crippen LogP) is 6.36. The maximum Gasteiger partial charge on any atom is 0.271 e. The molecule has 1 saturated heterocycles. The molecule has 0 N–H and O–H groups in total. The second-order valence-corrected chi connectivity index (χ2v) is 10.0. The monoisotopic (exact) mass is 507 g/mol. The molecule has 5 aromatic rings. The van der Waals surface area contributed by atoms with Gasteiger partial charge in [0.15, 0.2) is 0 Å². The molecule has 1 aliphatic heterocycles. The molecule has 0 unspecified atom stereocenters. The van der Waals surface area contributed by atoms with Crippen molar-refractivity contribution in [3.8, 4) is 11.3 Å². The molecular weight excluding hydrogens is 477 g/mol. The van der Waals surface area contributed by atoms with Crippen LogP contribution in [0.3, 0.4) is 0 Å². The van der Waals surface area contributed by atoms with E-state index in [9.17, 15) is 9.18 Å². The third-order valence-corrected chi connectivity index (χ3v) is 7.38. The van der Waals surface area contributed by atoms with Crippen molar-refractivity contribution >= 4 is 16.7 Å². The molecule has 38 heavy (non-hydrogen) atoms. The van der Waals surface area contributed by atoms with Gasteiger partial charge in [0.25, 0.3) is 5.91 Å². The van der Waals surface area contributed by atoms with E-state index in [2.05, 4.69) is 47.4 Å². The number of fused-ring (bicyclic) bond motifs is 1. The van der Waals surface area contributed by atoms with Gasteiger partial charge in [-0.25, -0.2) is 4.39 Å². The van der Waals surface area contributed by atoms with Crippen LogP contribution in [0, 0.1) is 12.7 Å². The fourth-order valence-electron chi connectivity index (χ4n) is 5.42. The molecule has 3 heterocycles. The van der Waals surface area contributed by atoms with Gasteiger partial charge in [-0.05, 0) is 64.7 Å². The molecule has 0 bridgehead atoms. The van der Waals surface area contributed by atoms with E-state index in [1.807, 2.05) is 34.7 Å². The summed E-state index contributed by atoms with van der Waals surface area (Å²) in [5.41, 5.74) is 4.62. The van der Waals surface area contributed by atoms with Gasteiger partial charge < -0.3 is 13.9 Å². The topological polar surface area (TPSA) is 41.6 Å². The highest BCUT2D eigenvalue weighted by atomic mass is 19.1. The molecule has 2 aromatic heterocycles. The highest BCUT2D eigenvalue weighted by molar-refractivity contribution is 6.00. The largest absolute Gasteiger partial charge is 0.464 e. The van der Waals surface area contributed by atoms with Gasteiger partial charge in [-0.2, -0.15) is 0 Å². The average Bonchev–Trinajstić information content (AvgIpc) is 3.57. The zero-order valence-corrected chi connectivity index (χ0v) is 21.4. The van der Waals surface area contributed by atoms with Crippen LogP contribution in [0.25, 0.3) is 22.1 Å². The first-order valence-electron chi connectivity index (χ1n) is 13.0. The molecule has 1 amide bonds. The normalized spacial score (nSPS) is 14.3. The summed E-state index contributed by atoms with van der Waals surface area (Å²) in [4.78, 5) is 18.3. The zero-order chi connectivity index (χ0) is 26.1. The summed E-state index contributed by atoms with van der Waals surface area (Å²) in [6.45, 7) is 6.28. The van der Waals surface area contributed by atoms with Gasteiger partial charge >= 0.3 is 0 Å². The lowest BCUT2D eigenvalue weighted by Crippen LogP contribution is -2.48. The summed E-state index contributed by atoms with van der Waals surface area (Å²) in [6, 6.07) is 25.2. The number of aryl methyl sites for hydroxylation is 1. The Hall–Kier alpha value is -4.16. The zero-order valence-electron chi connectivity index (χ0n) is 21.4. The molecule has 5 nitrogen and oxygen atoms in total. The average molecular weight is 508 g/mol. The fraction of sp³-hybridized carbons (Fsp3) is 0.219. The quantitative estimate of drug-likeness (QED) is 0.269. The van der Waals surface area contributed by atoms with E-state index in [-0.39, 0.29) is 11.7 Å². The van der Waals surface area contributed by atoms with Crippen LogP contribution in [0.5, 0.6) is 0 Å². The predicted molar refractivity (Wildman–Crippen MR) is 148 cm³/mol. The maximum absolute atomic E-state index is 14.0. The molecule has 0 radical (unpaired) electrons. The van der Waals surface area contributed by atoms with Crippen LogP contribution in [0.15, 0.2) is 95.7 Å². The summed E-state index contributed by atoms with van der Waals surface area (Å²) in [7, 11) is 0. The van der Waals surface area contributed by atoms with E-state index in [1.165, 1.54) is 28.5 Å². The maximum atomic E-state index is 14.0. The van der Waals surface area contributed by atoms with E-state index < -0.39 is 0 Å². The summed E-state index contributed by atoms with van der Waals surface area (Å²) < 4.78 is 21.2. The van der Waals surface area contributed by atoms with Gasteiger partial charge in [0.2, 0.25) is 0 Å². The lowest BCUT2D eigenvalue weighted by molar-refractivity contribution is 0.0619. The Morgan fingerprint density at radius 2 is 1.58 bits per heavy atom. The molecule has 6 heteroatoms. The van der Waals surface area contributed by atoms with Crippen LogP contribution in [-0.4, -0.2) is 46.5 Å². The van der Waals surface area contributed by atoms with Crippen LogP contribution in [0.4, 0.5) is 4.39 Å². The lowest BCUT2D eigenvalue weighted by Gasteiger charge is -2.35. The number of amides is 1. The molecule has 6 rings (SSSR count). The van der Waals surface area contributed by atoms with Crippen molar-refractivity contribution in [3.05, 3.63) is 120 Å². The fourth-order valence-corrected chi connectivity index (χ4v) is 5.42. The Morgan fingerprint density at radius 3 is 2.32 bits per heavy atom. The van der Waals surface area contributed by atoms with Gasteiger partial charge in [-0.3, -0.25) is 9.69 Å².